The Hall–Kier alpha value is -1.46. The number of esters is 1. The lowest BCUT2D eigenvalue weighted by molar-refractivity contribution is -0.163. The topological polar surface area (TPSA) is 89.9 Å². The average molecular weight is 390 g/mol. The standard InChI is InChI=1S/C13H15F3O6S.H2S/c1-3-21-11(17)12(2,18)8-9-5-4-6-10(7-9)22-23(19,20)13(14,15)16;/h4-7,18H,3,8H2,1-2H3;1H2/t12-;/m0./s1. The summed E-state index contributed by atoms with van der Waals surface area (Å²) in [5.41, 5.74) is -7.28. The highest BCUT2D eigenvalue weighted by molar-refractivity contribution is 7.88. The molecule has 1 aromatic carbocycles. The van der Waals surface area contributed by atoms with Crippen LogP contribution >= 0.6 is 13.5 Å². The van der Waals surface area contributed by atoms with Crippen molar-refractivity contribution in [2.75, 3.05) is 6.61 Å². The van der Waals surface area contributed by atoms with Crippen molar-refractivity contribution in [3.63, 3.8) is 0 Å². The first kappa shape index (κ1) is 22.5. The molecule has 0 radical (unpaired) electrons. The van der Waals surface area contributed by atoms with E-state index in [4.69, 9.17) is 0 Å². The zero-order valence-corrected chi connectivity index (χ0v) is 14.6. The molecule has 0 amide bonds. The summed E-state index contributed by atoms with van der Waals surface area (Å²) < 4.78 is 67.3. The van der Waals surface area contributed by atoms with Crippen molar-refractivity contribution in [3.05, 3.63) is 29.8 Å². The molecule has 1 N–H and O–H groups in total. The van der Waals surface area contributed by atoms with Gasteiger partial charge < -0.3 is 14.0 Å². The fourth-order valence-corrected chi connectivity index (χ4v) is 2.09. The summed E-state index contributed by atoms with van der Waals surface area (Å²) in [6.45, 7) is 2.76. The molecule has 0 spiro atoms. The first-order valence-corrected chi connectivity index (χ1v) is 7.79. The van der Waals surface area contributed by atoms with E-state index in [9.17, 15) is 31.5 Å². The molecule has 138 valence electrons. The number of benzene rings is 1. The molecule has 0 bridgehead atoms. The molecule has 0 unspecified atom stereocenters. The van der Waals surface area contributed by atoms with Crippen LogP contribution in [-0.2, 0) is 26.1 Å². The Bertz CT molecular complexity index is 671. The second-order valence-corrected chi connectivity index (χ2v) is 6.34. The maximum Gasteiger partial charge on any atom is 0.534 e. The molecule has 0 aliphatic carbocycles. The van der Waals surface area contributed by atoms with Crippen LogP contribution in [0.1, 0.15) is 19.4 Å². The Labute approximate surface area is 144 Å². The van der Waals surface area contributed by atoms with Crippen LogP contribution < -0.4 is 4.18 Å². The van der Waals surface area contributed by atoms with Crippen LogP contribution in [0, 0.1) is 0 Å². The van der Waals surface area contributed by atoms with Crippen LogP contribution in [-0.4, -0.2) is 37.2 Å². The molecule has 1 rings (SSSR count). The van der Waals surface area contributed by atoms with Crippen LogP contribution in [0.4, 0.5) is 13.2 Å². The second kappa shape index (κ2) is 8.08. The van der Waals surface area contributed by atoms with Gasteiger partial charge in [0, 0.05) is 6.42 Å². The summed E-state index contributed by atoms with van der Waals surface area (Å²) in [7, 11) is -5.79. The van der Waals surface area contributed by atoms with Crippen molar-refractivity contribution in [2.24, 2.45) is 0 Å². The summed E-state index contributed by atoms with van der Waals surface area (Å²) >= 11 is 0. The highest BCUT2D eigenvalue weighted by atomic mass is 32.2. The average Bonchev–Trinajstić information content (AvgIpc) is 2.36. The lowest BCUT2D eigenvalue weighted by atomic mass is 9.96. The van der Waals surface area contributed by atoms with E-state index in [1.807, 2.05) is 0 Å². The first-order chi connectivity index (χ1) is 10.4. The van der Waals surface area contributed by atoms with E-state index in [0.29, 0.717) is 0 Å². The van der Waals surface area contributed by atoms with Gasteiger partial charge in [0.1, 0.15) is 5.75 Å². The molecule has 0 aromatic heterocycles. The Morgan fingerprint density at radius 2 is 1.88 bits per heavy atom. The molecule has 0 aliphatic rings. The quantitative estimate of drug-likeness (QED) is 0.453. The first-order valence-electron chi connectivity index (χ1n) is 6.38. The number of hydrogen-bond acceptors (Lipinski definition) is 6. The molecule has 11 heteroatoms. The summed E-state index contributed by atoms with van der Waals surface area (Å²) in [5.74, 6) is -1.49. The SMILES string of the molecule is CCOC(=O)[C@@](C)(O)Cc1cccc(OS(=O)(=O)C(F)(F)F)c1.S. The van der Waals surface area contributed by atoms with Gasteiger partial charge >= 0.3 is 21.6 Å². The second-order valence-electron chi connectivity index (χ2n) is 4.80. The molecular weight excluding hydrogens is 373 g/mol. The highest BCUT2D eigenvalue weighted by Crippen LogP contribution is 2.28. The summed E-state index contributed by atoms with van der Waals surface area (Å²) in [5, 5.41) is 10.0. The van der Waals surface area contributed by atoms with Crippen LogP contribution in [0.3, 0.4) is 0 Å². The number of aliphatic hydroxyl groups is 1. The molecular formula is C13H17F3O6S2. The van der Waals surface area contributed by atoms with Gasteiger partial charge in [0.2, 0.25) is 0 Å². The molecule has 1 aromatic rings. The third-order valence-electron chi connectivity index (χ3n) is 2.65. The van der Waals surface area contributed by atoms with E-state index >= 15 is 0 Å². The van der Waals surface area contributed by atoms with Gasteiger partial charge in [-0.15, -0.1) is 0 Å². The van der Waals surface area contributed by atoms with Crippen molar-refractivity contribution >= 4 is 29.6 Å². The monoisotopic (exact) mass is 390 g/mol. The fraction of sp³-hybridized carbons (Fsp3) is 0.462. The number of rotatable bonds is 6. The smallest absolute Gasteiger partial charge is 0.464 e. The Kier molecular flexibility index (Phi) is 7.59. The predicted octanol–water partition coefficient (Wildman–Crippen LogP) is 1.88. The van der Waals surface area contributed by atoms with E-state index < -0.39 is 32.9 Å². The Morgan fingerprint density at radius 1 is 1.29 bits per heavy atom. The van der Waals surface area contributed by atoms with Gasteiger partial charge in [0.15, 0.2) is 5.60 Å². The zero-order chi connectivity index (χ0) is 17.9. The van der Waals surface area contributed by atoms with E-state index in [1.165, 1.54) is 19.1 Å². The van der Waals surface area contributed by atoms with Crippen molar-refractivity contribution in [1.29, 1.82) is 0 Å². The number of halogens is 3. The van der Waals surface area contributed by atoms with Crippen LogP contribution in [0.15, 0.2) is 24.3 Å². The fourth-order valence-electron chi connectivity index (χ4n) is 1.64. The lowest BCUT2D eigenvalue weighted by Gasteiger charge is -2.21. The lowest BCUT2D eigenvalue weighted by Crippen LogP contribution is -2.39. The van der Waals surface area contributed by atoms with Crippen LogP contribution in [0.25, 0.3) is 0 Å². The number of hydrogen-bond donors (Lipinski definition) is 1. The number of alkyl halides is 3. The predicted molar refractivity (Wildman–Crippen MR) is 83.4 cm³/mol. The molecule has 0 aliphatic heterocycles. The van der Waals surface area contributed by atoms with E-state index in [-0.39, 0.29) is 32.1 Å². The number of ether oxygens (including phenoxy) is 1. The minimum absolute atomic E-state index is 0. The third kappa shape index (κ3) is 5.87. The summed E-state index contributed by atoms with van der Waals surface area (Å²) in [6.07, 6.45) is -0.297. The van der Waals surface area contributed by atoms with Gasteiger partial charge in [-0.2, -0.15) is 35.1 Å². The number of carbonyl (C=O) groups excluding carboxylic acids is 1. The van der Waals surface area contributed by atoms with Crippen LogP contribution in [0.2, 0.25) is 0 Å². The zero-order valence-electron chi connectivity index (χ0n) is 12.8. The maximum absolute atomic E-state index is 12.3. The molecule has 0 heterocycles. The highest BCUT2D eigenvalue weighted by Gasteiger charge is 2.48. The van der Waals surface area contributed by atoms with Gasteiger partial charge in [-0.05, 0) is 31.5 Å². The minimum Gasteiger partial charge on any atom is -0.464 e. The molecule has 24 heavy (non-hydrogen) atoms. The molecule has 0 saturated carbocycles. The van der Waals surface area contributed by atoms with Gasteiger partial charge in [-0.1, -0.05) is 12.1 Å². The van der Waals surface area contributed by atoms with Gasteiger partial charge in [-0.3, -0.25) is 0 Å². The Balaban J connectivity index is 0.00000529. The van der Waals surface area contributed by atoms with Crippen molar-refractivity contribution in [3.8, 4) is 5.75 Å². The van der Waals surface area contributed by atoms with Gasteiger partial charge in [0.05, 0.1) is 6.61 Å². The van der Waals surface area contributed by atoms with Crippen molar-refractivity contribution in [2.45, 2.75) is 31.4 Å². The molecule has 6 nitrogen and oxygen atoms in total. The third-order valence-corrected chi connectivity index (χ3v) is 3.63. The van der Waals surface area contributed by atoms with Crippen molar-refractivity contribution < 1.29 is 40.4 Å². The van der Waals surface area contributed by atoms with Gasteiger partial charge in [-0.25, -0.2) is 4.79 Å². The maximum atomic E-state index is 12.3. The number of carbonyl (C=O) groups is 1. The van der Waals surface area contributed by atoms with E-state index in [1.54, 1.807) is 6.92 Å². The summed E-state index contributed by atoms with van der Waals surface area (Å²) in [4.78, 5) is 11.6. The Morgan fingerprint density at radius 3 is 2.38 bits per heavy atom. The molecule has 1 atom stereocenters. The molecule has 0 fully saturated rings. The van der Waals surface area contributed by atoms with Crippen molar-refractivity contribution in [1.82, 2.24) is 0 Å². The van der Waals surface area contributed by atoms with E-state index in [0.717, 1.165) is 12.1 Å². The normalized spacial score (nSPS) is 14.2. The largest absolute Gasteiger partial charge is 0.534 e. The van der Waals surface area contributed by atoms with Gasteiger partial charge in [0.25, 0.3) is 0 Å². The molecule has 0 saturated heterocycles. The van der Waals surface area contributed by atoms with E-state index in [2.05, 4.69) is 8.92 Å². The summed E-state index contributed by atoms with van der Waals surface area (Å²) in [6, 6.07) is 4.61. The van der Waals surface area contributed by atoms with Crippen LogP contribution in [0.5, 0.6) is 5.75 Å². The minimum atomic E-state index is -5.79.